The third-order valence-electron chi connectivity index (χ3n) is 1.65. The summed E-state index contributed by atoms with van der Waals surface area (Å²) >= 11 is 2.90. The Morgan fingerprint density at radius 2 is 2.29 bits per heavy atom. The maximum absolute atomic E-state index is 13.1. The van der Waals surface area contributed by atoms with Gasteiger partial charge in [-0.2, -0.15) is 0 Å². The molecule has 4 nitrogen and oxygen atoms in total. The van der Waals surface area contributed by atoms with E-state index in [0.29, 0.717) is 0 Å². The van der Waals surface area contributed by atoms with Gasteiger partial charge < -0.3 is 15.6 Å². The van der Waals surface area contributed by atoms with E-state index >= 15 is 0 Å². The predicted molar refractivity (Wildman–Crippen MR) is 52.0 cm³/mol. The molecule has 0 radical (unpaired) electrons. The Kier molecular flexibility index (Phi) is 2.95. The number of ether oxygens (including phenoxy) is 1. The fourth-order valence-electron chi connectivity index (χ4n) is 0.993. The second kappa shape index (κ2) is 3.83. The van der Waals surface area contributed by atoms with Gasteiger partial charge in [-0.3, -0.25) is 0 Å². The Morgan fingerprint density at radius 3 is 2.71 bits per heavy atom. The molecule has 1 aromatic rings. The van der Waals surface area contributed by atoms with E-state index in [4.69, 9.17) is 15.6 Å². The van der Waals surface area contributed by atoms with Crippen LogP contribution in [0.25, 0.3) is 0 Å². The van der Waals surface area contributed by atoms with Crippen LogP contribution in [0.2, 0.25) is 0 Å². The highest BCUT2D eigenvalue weighted by atomic mass is 79.9. The molecular weight excluding hydrogens is 257 g/mol. The van der Waals surface area contributed by atoms with Gasteiger partial charge >= 0.3 is 5.97 Å². The molecule has 6 heteroatoms. The zero-order valence-corrected chi connectivity index (χ0v) is 8.76. The summed E-state index contributed by atoms with van der Waals surface area (Å²) in [7, 11) is 1.28. The van der Waals surface area contributed by atoms with E-state index < -0.39 is 11.8 Å². The van der Waals surface area contributed by atoms with Crippen LogP contribution in [0, 0.1) is 5.82 Å². The third kappa shape index (κ3) is 1.65. The normalized spacial score (nSPS) is 9.93. The largest absolute Gasteiger partial charge is 0.493 e. The summed E-state index contributed by atoms with van der Waals surface area (Å²) < 4.78 is 17.9. The number of hydrogen-bond acceptors (Lipinski definition) is 3. The molecule has 0 amide bonds. The second-order valence-corrected chi connectivity index (χ2v) is 3.27. The van der Waals surface area contributed by atoms with Crippen molar-refractivity contribution in [3.05, 3.63) is 21.9 Å². The van der Waals surface area contributed by atoms with Crippen LogP contribution in [0.4, 0.5) is 10.1 Å². The minimum Gasteiger partial charge on any atom is -0.493 e. The van der Waals surface area contributed by atoms with Gasteiger partial charge in [0, 0.05) is 0 Å². The van der Waals surface area contributed by atoms with Gasteiger partial charge in [-0.25, -0.2) is 9.18 Å². The summed E-state index contributed by atoms with van der Waals surface area (Å²) in [5.74, 6) is -2.04. The lowest BCUT2D eigenvalue weighted by atomic mass is 10.1. The quantitative estimate of drug-likeness (QED) is 0.800. The number of carboxylic acid groups (broad SMARTS) is 1. The van der Waals surface area contributed by atoms with Crippen LogP contribution in [0.5, 0.6) is 5.75 Å². The number of benzene rings is 1. The average molecular weight is 264 g/mol. The molecule has 76 valence electrons. The van der Waals surface area contributed by atoms with Crippen molar-refractivity contribution >= 4 is 27.6 Å². The van der Waals surface area contributed by atoms with Crippen LogP contribution in [0.3, 0.4) is 0 Å². The molecule has 0 heterocycles. The zero-order valence-electron chi connectivity index (χ0n) is 7.17. The highest BCUT2D eigenvalue weighted by Gasteiger charge is 2.19. The van der Waals surface area contributed by atoms with Gasteiger partial charge in [-0.05, 0) is 22.0 Å². The first-order chi connectivity index (χ1) is 6.49. The van der Waals surface area contributed by atoms with Gasteiger partial charge in [0.15, 0.2) is 5.75 Å². The monoisotopic (exact) mass is 263 g/mol. The van der Waals surface area contributed by atoms with E-state index in [-0.39, 0.29) is 21.5 Å². The number of anilines is 1. The Balaban J connectivity index is 3.50. The highest BCUT2D eigenvalue weighted by Crippen LogP contribution is 2.36. The van der Waals surface area contributed by atoms with Gasteiger partial charge in [0.05, 0.1) is 22.8 Å². The first-order valence-electron chi connectivity index (χ1n) is 3.53. The van der Waals surface area contributed by atoms with Gasteiger partial charge in [0.25, 0.3) is 0 Å². The Hall–Kier alpha value is -1.30. The van der Waals surface area contributed by atoms with Crippen LogP contribution in [0.1, 0.15) is 10.4 Å². The molecule has 0 unspecified atom stereocenters. The topological polar surface area (TPSA) is 72.5 Å². The van der Waals surface area contributed by atoms with Crippen molar-refractivity contribution in [2.45, 2.75) is 0 Å². The maximum Gasteiger partial charge on any atom is 0.338 e. The molecule has 0 saturated heterocycles. The standard InChI is InChI=1S/C8H7BrFNO3/c1-14-7-5(9)4(10)2-3(6(7)11)8(12)13/h2H,11H2,1H3,(H,12,13). The first kappa shape index (κ1) is 10.8. The van der Waals surface area contributed by atoms with Crippen molar-refractivity contribution in [1.82, 2.24) is 0 Å². The van der Waals surface area contributed by atoms with Gasteiger partial charge in [0.2, 0.25) is 0 Å². The number of carboxylic acids is 1. The van der Waals surface area contributed by atoms with Crippen LogP contribution < -0.4 is 10.5 Å². The summed E-state index contributed by atoms with van der Waals surface area (Å²) in [6, 6.07) is 0.838. The fraction of sp³-hybridized carbons (Fsp3) is 0.125. The molecule has 0 spiro atoms. The fourth-order valence-corrected chi connectivity index (χ4v) is 1.48. The van der Waals surface area contributed by atoms with Crippen molar-refractivity contribution in [3.8, 4) is 5.75 Å². The Morgan fingerprint density at radius 1 is 1.71 bits per heavy atom. The molecule has 1 aromatic carbocycles. The summed E-state index contributed by atoms with van der Waals surface area (Å²) in [5.41, 5.74) is 5.04. The molecule has 0 saturated carbocycles. The van der Waals surface area contributed by atoms with Gasteiger partial charge in [0.1, 0.15) is 5.82 Å². The highest BCUT2D eigenvalue weighted by molar-refractivity contribution is 9.10. The molecule has 0 bridgehead atoms. The second-order valence-electron chi connectivity index (χ2n) is 2.47. The molecular formula is C8H7BrFNO3. The average Bonchev–Trinajstić information content (AvgIpc) is 2.12. The van der Waals surface area contributed by atoms with E-state index in [0.717, 1.165) is 6.07 Å². The van der Waals surface area contributed by atoms with E-state index in [1.165, 1.54) is 7.11 Å². The number of aromatic carboxylic acids is 1. The van der Waals surface area contributed by atoms with Crippen LogP contribution in [-0.2, 0) is 0 Å². The smallest absolute Gasteiger partial charge is 0.338 e. The predicted octanol–water partition coefficient (Wildman–Crippen LogP) is 1.88. The summed E-state index contributed by atoms with van der Waals surface area (Å²) in [4.78, 5) is 10.6. The number of nitrogen functional groups attached to an aromatic ring is 1. The number of carbonyl (C=O) groups is 1. The summed E-state index contributed by atoms with van der Waals surface area (Å²) in [6.45, 7) is 0. The van der Waals surface area contributed by atoms with Crippen LogP contribution in [0.15, 0.2) is 10.5 Å². The SMILES string of the molecule is COc1c(N)c(C(=O)O)cc(F)c1Br. The lowest BCUT2D eigenvalue weighted by Crippen LogP contribution is -2.06. The van der Waals surface area contributed by atoms with Gasteiger partial charge in [-0.1, -0.05) is 0 Å². The molecule has 0 aliphatic rings. The minimum absolute atomic E-state index is 0.0117. The lowest BCUT2D eigenvalue weighted by molar-refractivity contribution is 0.0697. The summed E-state index contributed by atoms with van der Waals surface area (Å²) in [5, 5.41) is 8.68. The molecule has 14 heavy (non-hydrogen) atoms. The Labute approximate surface area is 87.6 Å². The van der Waals surface area contributed by atoms with Crippen molar-refractivity contribution in [2.75, 3.05) is 12.8 Å². The number of rotatable bonds is 2. The van der Waals surface area contributed by atoms with Crippen molar-refractivity contribution < 1.29 is 19.0 Å². The van der Waals surface area contributed by atoms with Crippen LogP contribution in [-0.4, -0.2) is 18.2 Å². The van der Waals surface area contributed by atoms with Crippen molar-refractivity contribution in [1.29, 1.82) is 0 Å². The number of hydrogen-bond donors (Lipinski definition) is 2. The van der Waals surface area contributed by atoms with Crippen molar-refractivity contribution in [2.24, 2.45) is 0 Å². The molecule has 0 fully saturated rings. The minimum atomic E-state index is -1.30. The van der Waals surface area contributed by atoms with E-state index in [1.54, 1.807) is 0 Å². The maximum atomic E-state index is 13.1. The number of nitrogens with two attached hydrogens (primary N) is 1. The van der Waals surface area contributed by atoms with E-state index in [2.05, 4.69) is 15.9 Å². The molecule has 0 aromatic heterocycles. The van der Waals surface area contributed by atoms with E-state index in [9.17, 15) is 9.18 Å². The Bertz CT molecular complexity index is 395. The summed E-state index contributed by atoms with van der Waals surface area (Å²) in [6.07, 6.45) is 0. The van der Waals surface area contributed by atoms with Crippen LogP contribution >= 0.6 is 15.9 Å². The molecule has 0 atom stereocenters. The first-order valence-corrected chi connectivity index (χ1v) is 4.33. The lowest BCUT2D eigenvalue weighted by Gasteiger charge is -2.09. The number of methoxy groups -OCH3 is 1. The molecule has 0 aliphatic heterocycles. The zero-order chi connectivity index (χ0) is 10.9. The molecule has 3 N–H and O–H groups in total. The van der Waals surface area contributed by atoms with E-state index in [1.807, 2.05) is 0 Å². The number of halogens is 2. The van der Waals surface area contributed by atoms with Crippen molar-refractivity contribution in [3.63, 3.8) is 0 Å². The molecule has 0 aliphatic carbocycles. The van der Waals surface area contributed by atoms with Gasteiger partial charge in [-0.15, -0.1) is 0 Å². The third-order valence-corrected chi connectivity index (χ3v) is 2.39. The molecule has 1 rings (SSSR count).